The van der Waals surface area contributed by atoms with E-state index in [1.165, 1.54) is 0 Å². The van der Waals surface area contributed by atoms with Crippen LogP contribution in [0.3, 0.4) is 0 Å². The van der Waals surface area contributed by atoms with Gasteiger partial charge < -0.3 is 4.52 Å². The Labute approximate surface area is 130 Å². The van der Waals surface area contributed by atoms with E-state index < -0.39 is 26.8 Å². The number of alkyl halides is 3. The largest absolute Gasteiger partial charge is 0.420 e. The van der Waals surface area contributed by atoms with Crippen molar-refractivity contribution in [2.24, 2.45) is 7.05 Å². The van der Waals surface area contributed by atoms with Gasteiger partial charge in [0, 0.05) is 19.0 Å². The van der Waals surface area contributed by atoms with Crippen molar-refractivity contribution in [3.8, 4) is 0 Å². The normalized spacial score (nSPS) is 12.6. The van der Waals surface area contributed by atoms with E-state index in [0.717, 1.165) is 13.5 Å². The van der Waals surface area contributed by atoms with E-state index in [1.807, 2.05) is 11.6 Å². The predicted octanol–water partition coefficient (Wildman–Crippen LogP) is 2.49. The Balaban J connectivity index is 2.43. The van der Waals surface area contributed by atoms with Gasteiger partial charge in [-0.2, -0.15) is 26.7 Å². The van der Waals surface area contributed by atoms with Gasteiger partial charge in [-0.3, -0.25) is 9.40 Å². The van der Waals surface area contributed by atoms with Crippen LogP contribution in [0.1, 0.15) is 30.2 Å². The van der Waals surface area contributed by atoms with E-state index in [1.54, 1.807) is 6.92 Å². The van der Waals surface area contributed by atoms with Crippen molar-refractivity contribution < 1.29 is 26.1 Å². The third-order valence-electron chi connectivity index (χ3n) is 3.17. The maximum Gasteiger partial charge on any atom is 0.420 e. The Kier molecular flexibility index (Phi) is 4.42. The molecule has 2 aromatic rings. The summed E-state index contributed by atoms with van der Waals surface area (Å²) in [5.74, 6) is 0.342. The van der Waals surface area contributed by atoms with Gasteiger partial charge in [-0.05, 0) is 13.3 Å². The lowest BCUT2D eigenvalue weighted by molar-refractivity contribution is -0.140. The molecule has 0 bridgehead atoms. The number of hydrogen-bond donors (Lipinski definition) is 1. The summed E-state index contributed by atoms with van der Waals surface area (Å²) >= 11 is 0. The van der Waals surface area contributed by atoms with Gasteiger partial charge in [0.05, 0.1) is 6.20 Å². The van der Waals surface area contributed by atoms with Crippen LogP contribution in [0.15, 0.2) is 15.7 Å². The molecular weight excluding hydrogens is 337 g/mol. The van der Waals surface area contributed by atoms with Crippen LogP contribution < -0.4 is 4.72 Å². The van der Waals surface area contributed by atoms with Crippen molar-refractivity contribution in [2.75, 3.05) is 4.72 Å². The molecule has 2 rings (SSSR count). The maximum atomic E-state index is 12.9. The van der Waals surface area contributed by atoms with Crippen LogP contribution in [0.2, 0.25) is 0 Å². The van der Waals surface area contributed by atoms with Gasteiger partial charge >= 0.3 is 6.18 Å². The lowest BCUT2D eigenvalue weighted by atomic mass is 10.2. The molecule has 1 N–H and O–H groups in total. The van der Waals surface area contributed by atoms with Crippen LogP contribution in [0.4, 0.5) is 19.0 Å². The summed E-state index contributed by atoms with van der Waals surface area (Å²) in [4.78, 5) is 0. The number of halogens is 3. The van der Waals surface area contributed by atoms with E-state index >= 15 is 0 Å². The topological polar surface area (TPSA) is 90.0 Å². The van der Waals surface area contributed by atoms with Crippen molar-refractivity contribution in [2.45, 2.75) is 37.9 Å². The molecule has 2 heterocycles. The molecule has 7 nitrogen and oxygen atoms in total. The molecule has 0 spiro atoms. The first kappa shape index (κ1) is 17.3. The number of hydrogen-bond acceptors (Lipinski definition) is 5. The summed E-state index contributed by atoms with van der Waals surface area (Å²) in [6.45, 7) is 3.48. The molecule has 0 saturated carbocycles. The zero-order chi connectivity index (χ0) is 17.4. The van der Waals surface area contributed by atoms with Crippen LogP contribution in [0.25, 0.3) is 0 Å². The van der Waals surface area contributed by atoms with Crippen molar-refractivity contribution >= 4 is 15.8 Å². The molecule has 128 valence electrons. The van der Waals surface area contributed by atoms with Crippen LogP contribution in [-0.4, -0.2) is 23.4 Å². The summed E-state index contributed by atoms with van der Waals surface area (Å²) in [6.07, 6.45) is -3.08. The summed E-state index contributed by atoms with van der Waals surface area (Å²) < 4.78 is 71.1. The second kappa shape index (κ2) is 5.87. The molecule has 0 aliphatic heterocycles. The van der Waals surface area contributed by atoms with Gasteiger partial charge in [0.15, 0.2) is 10.8 Å². The van der Waals surface area contributed by atoms with Gasteiger partial charge in [0.2, 0.25) is 0 Å². The Morgan fingerprint density at radius 3 is 2.61 bits per heavy atom. The third kappa shape index (κ3) is 3.33. The van der Waals surface area contributed by atoms with Gasteiger partial charge in [-0.15, -0.1) is 0 Å². The molecule has 0 fully saturated rings. The van der Waals surface area contributed by atoms with E-state index in [2.05, 4.69) is 10.3 Å². The molecule has 11 heteroatoms. The van der Waals surface area contributed by atoms with E-state index in [4.69, 9.17) is 4.52 Å². The molecule has 0 aliphatic carbocycles. The molecule has 0 atom stereocenters. The average molecular weight is 352 g/mol. The lowest BCUT2D eigenvalue weighted by Crippen LogP contribution is -2.21. The fourth-order valence-corrected chi connectivity index (χ4v) is 3.43. The highest BCUT2D eigenvalue weighted by molar-refractivity contribution is 7.92. The quantitative estimate of drug-likeness (QED) is 0.893. The molecule has 23 heavy (non-hydrogen) atoms. The second-order valence-corrected chi connectivity index (χ2v) is 6.52. The van der Waals surface area contributed by atoms with E-state index in [0.29, 0.717) is 28.6 Å². The minimum atomic E-state index is -4.84. The first-order chi connectivity index (χ1) is 10.6. The molecule has 0 aromatic carbocycles. The average Bonchev–Trinajstić information content (AvgIpc) is 2.96. The van der Waals surface area contributed by atoms with Crippen molar-refractivity contribution in [1.29, 1.82) is 0 Å². The molecule has 0 unspecified atom stereocenters. The Morgan fingerprint density at radius 1 is 1.39 bits per heavy atom. The number of aromatic nitrogens is 3. The Bertz CT molecular complexity index is 808. The minimum Gasteiger partial charge on any atom is -0.359 e. The summed E-state index contributed by atoms with van der Waals surface area (Å²) in [6, 6.07) is 0. The lowest BCUT2D eigenvalue weighted by Gasteiger charge is -2.10. The zero-order valence-electron chi connectivity index (χ0n) is 12.6. The van der Waals surface area contributed by atoms with Crippen molar-refractivity contribution in [3.63, 3.8) is 0 Å². The predicted molar refractivity (Wildman–Crippen MR) is 74.3 cm³/mol. The highest BCUT2D eigenvalue weighted by Crippen LogP contribution is 2.34. The summed E-state index contributed by atoms with van der Waals surface area (Å²) in [5.41, 5.74) is -0.909. The number of rotatable bonds is 5. The van der Waals surface area contributed by atoms with Crippen molar-refractivity contribution in [3.05, 3.63) is 23.1 Å². The molecular formula is C12H15F3N4O3S. The molecule has 0 aliphatic rings. The molecule has 0 radical (unpaired) electrons. The third-order valence-corrected chi connectivity index (χ3v) is 4.63. The first-order valence-corrected chi connectivity index (χ1v) is 8.13. The molecule has 2 aromatic heterocycles. The number of anilines is 1. The fourth-order valence-electron chi connectivity index (χ4n) is 2.04. The standard InChI is InChI=1S/C12H15F3N4O3S/c1-4-5-9-7(2)10(17-22-9)18-23(20,21)11-8(12(13,14)15)6-16-19(11)3/h6H,4-5H2,1-3H3,(H,17,18). The SMILES string of the molecule is CCCc1onc(NS(=O)(=O)c2c(C(F)(F)F)cnn2C)c1C. The smallest absolute Gasteiger partial charge is 0.359 e. The minimum absolute atomic E-state index is 0.136. The van der Waals surface area contributed by atoms with Crippen LogP contribution >= 0.6 is 0 Å². The van der Waals surface area contributed by atoms with Gasteiger partial charge in [0.1, 0.15) is 11.3 Å². The number of sulfonamides is 1. The van der Waals surface area contributed by atoms with Crippen LogP contribution in [-0.2, 0) is 29.7 Å². The van der Waals surface area contributed by atoms with Gasteiger partial charge in [-0.25, -0.2) is 0 Å². The van der Waals surface area contributed by atoms with Gasteiger partial charge in [-0.1, -0.05) is 12.1 Å². The number of nitrogens with zero attached hydrogens (tertiary/aromatic N) is 3. The van der Waals surface area contributed by atoms with E-state index in [-0.39, 0.29) is 5.82 Å². The fraction of sp³-hybridized carbons (Fsp3) is 0.500. The van der Waals surface area contributed by atoms with Crippen LogP contribution in [0, 0.1) is 6.92 Å². The van der Waals surface area contributed by atoms with Crippen molar-refractivity contribution in [1.82, 2.24) is 14.9 Å². The highest BCUT2D eigenvalue weighted by atomic mass is 32.2. The number of aryl methyl sites for hydroxylation is 2. The number of nitrogens with one attached hydrogen (secondary N) is 1. The first-order valence-electron chi connectivity index (χ1n) is 6.65. The highest BCUT2D eigenvalue weighted by Gasteiger charge is 2.40. The zero-order valence-corrected chi connectivity index (χ0v) is 13.4. The van der Waals surface area contributed by atoms with E-state index in [9.17, 15) is 21.6 Å². The van der Waals surface area contributed by atoms with Crippen LogP contribution in [0.5, 0.6) is 0 Å². The molecule has 0 amide bonds. The molecule has 0 saturated heterocycles. The second-order valence-electron chi connectivity index (χ2n) is 4.92. The summed E-state index contributed by atoms with van der Waals surface area (Å²) in [7, 11) is -3.42. The monoisotopic (exact) mass is 352 g/mol. The Hall–Kier alpha value is -2.04. The maximum absolute atomic E-state index is 12.9. The van der Waals surface area contributed by atoms with Gasteiger partial charge in [0.25, 0.3) is 10.0 Å². The summed E-state index contributed by atoms with van der Waals surface area (Å²) in [5, 5.41) is 5.97. The Morgan fingerprint density at radius 2 is 2.04 bits per heavy atom.